The Labute approximate surface area is 64.6 Å². The van der Waals surface area contributed by atoms with Gasteiger partial charge in [-0.05, 0) is 41.3 Å². The van der Waals surface area contributed by atoms with Crippen molar-refractivity contribution in [3.8, 4) is 0 Å². The van der Waals surface area contributed by atoms with Crippen molar-refractivity contribution in [1.29, 1.82) is 0 Å². The molecule has 0 radical (unpaired) electrons. The Hall–Kier alpha value is 0.350. The van der Waals surface area contributed by atoms with Crippen LogP contribution in [-0.4, -0.2) is 32.5 Å². The first-order chi connectivity index (χ1) is 4.74. The minimum atomic E-state index is 0.0832. The third-order valence-electron chi connectivity index (χ3n) is 2.07. The second-order valence-electron chi connectivity index (χ2n) is 3.10. The van der Waals surface area contributed by atoms with Gasteiger partial charge in [0.1, 0.15) is 0 Å². The van der Waals surface area contributed by atoms with Gasteiger partial charge in [0, 0.05) is 12.1 Å². The molecule has 1 saturated carbocycles. The summed E-state index contributed by atoms with van der Waals surface area (Å²) in [6.45, 7) is 4.53. The van der Waals surface area contributed by atoms with Crippen molar-refractivity contribution >= 4 is 8.07 Å². The van der Waals surface area contributed by atoms with E-state index in [9.17, 15) is 0 Å². The summed E-state index contributed by atoms with van der Waals surface area (Å²) in [6.07, 6.45) is 2.70. The van der Waals surface area contributed by atoms with Crippen LogP contribution < -0.4 is 10.4 Å². The van der Waals surface area contributed by atoms with Gasteiger partial charge in [-0.25, -0.2) is 0 Å². The Kier molecular flexibility index (Phi) is 3.09. The summed E-state index contributed by atoms with van der Waals surface area (Å²) in [5.41, 5.74) is 0. The zero-order valence-electron chi connectivity index (χ0n) is 7.02. The van der Waals surface area contributed by atoms with Gasteiger partial charge in [0.15, 0.2) is 0 Å². The normalized spacial score (nSPS) is 32.4. The van der Waals surface area contributed by atoms with Crippen LogP contribution in [0.15, 0.2) is 0 Å². The summed E-state index contributed by atoms with van der Waals surface area (Å²) >= 11 is 0. The SMILES string of the molecule is CNC1CCC1NP(C)C. The molecular formula is C7H17N2P. The molecule has 0 amide bonds. The van der Waals surface area contributed by atoms with E-state index in [-0.39, 0.29) is 8.07 Å². The van der Waals surface area contributed by atoms with E-state index < -0.39 is 0 Å². The van der Waals surface area contributed by atoms with E-state index in [0.29, 0.717) is 0 Å². The molecule has 60 valence electrons. The van der Waals surface area contributed by atoms with Crippen LogP contribution in [0.25, 0.3) is 0 Å². The van der Waals surface area contributed by atoms with Crippen molar-refractivity contribution in [1.82, 2.24) is 10.4 Å². The van der Waals surface area contributed by atoms with E-state index in [1.807, 2.05) is 7.05 Å². The van der Waals surface area contributed by atoms with Gasteiger partial charge >= 0.3 is 0 Å². The lowest BCUT2D eigenvalue weighted by molar-refractivity contribution is 0.284. The minimum Gasteiger partial charge on any atom is -0.315 e. The molecule has 0 saturated heterocycles. The fraction of sp³-hybridized carbons (Fsp3) is 1.00. The second-order valence-corrected chi connectivity index (χ2v) is 5.15. The lowest BCUT2D eigenvalue weighted by Gasteiger charge is -2.38. The number of hydrogen-bond acceptors (Lipinski definition) is 2. The van der Waals surface area contributed by atoms with Gasteiger partial charge in [-0.15, -0.1) is 0 Å². The smallest absolute Gasteiger partial charge is 0.0257 e. The van der Waals surface area contributed by atoms with Gasteiger partial charge in [0.05, 0.1) is 0 Å². The summed E-state index contributed by atoms with van der Waals surface area (Å²) < 4.78 is 0. The Morgan fingerprint density at radius 3 is 2.10 bits per heavy atom. The molecule has 2 unspecified atom stereocenters. The van der Waals surface area contributed by atoms with E-state index in [4.69, 9.17) is 0 Å². The van der Waals surface area contributed by atoms with Crippen LogP contribution in [0, 0.1) is 0 Å². The van der Waals surface area contributed by atoms with Crippen LogP contribution in [0.5, 0.6) is 0 Å². The van der Waals surface area contributed by atoms with Gasteiger partial charge in [-0.3, -0.25) is 5.09 Å². The summed E-state index contributed by atoms with van der Waals surface area (Å²) in [5.74, 6) is 0. The van der Waals surface area contributed by atoms with Gasteiger partial charge in [0.2, 0.25) is 0 Å². The summed E-state index contributed by atoms with van der Waals surface area (Å²) in [4.78, 5) is 0. The topological polar surface area (TPSA) is 24.1 Å². The van der Waals surface area contributed by atoms with Crippen molar-refractivity contribution in [2.45, 2.75) is 24.9 Å². The molecule has 2 nitrogen and oxygen atoms in total. The third kappa shape index (κ3) is 1.91. The lowest BCUT2D eigenvalue weighted by atomic mass is 9.87. The highest BCUT2D eigenvalue weighted by molar-refractivity contribution is 7.53. The molecule has 2 atom stereocenters. The first kappa shape index (κ1) is 8.45. The number of likely N-dealkylation sites (N-methyl/N-ethyl adjacent to an activating group) is 1. The molecule has 0 heterocycles. The molecule has 0 bridgehead atoms. The maximum atomic E-state index is 3.58. The fourth-order valence-electron chi connectivity index (χ4n) is 1.33. The van der Waals surface area contributed by atoms with Crippen molar-refractivity contribution in [2.24, 2.45) is 0 Å². The lowest BCUT2D eigenvalue weighted by Crippen LogP contribution is -2.52. The number of hydrogen-bond donors (Lipinski definition) is 2. The molecule has 10 heavy (non-hydrogen) atoms. The maximum absolute atomic E-state index is 3.58. The molecule has 0 aliphatic heterocycles. The predicted molar refractivity (Wildman–Crippen MR) is 47.8 cm³/mol. The molecule has 1 aliphatic rings. The van der Waals surface area contributed by atoms with E-state index in [1.54, 1.807) is 0 Å². The molecule has 0 aromatic heterocycles. The van der Waals surface area contributed by atoms with E-state index in [0.717, 1.165) is 12.1 Å². The van der Waals surface area contributed by atoms with Crippen LogP contribution in [0.2, 0.25) is 0 Å². The molecule has 0 aromatic carbocycles. The van der Waals surface area contributed by atoms with Crippen molar-refractivity contribution in [2.75, 3.05) is 20.4 Å². The monoisotopic (exact) mass is 160 g/mol. The Morgan fingerprint density at radius 2 is 1.80 bits per heavy atom. The van der Waals surface area contributed by atoms with Crippen LogP contribution in [0.1, 0.15) is 12.8 Å². The zero-order valence-corrected chi connectivity index (χ0v) is 7.91. The molecular weight excluding hydrogens is 143 g/mol. The maximum Gasteiger partial charge on any atom is 0.0257 e. The van der Waals surface area contributed by atoms with Crippen LogP contribution in [-0.2, 0) is 0 Å². The molecule has 3 heteroatoms. The highest BCUT2D eigenvalue weighted by atomic mass is 31.1. The van der Waals surface area contributed by atoms with Gasteiger partial charge in [0.25, 0.3) is 0 Å². The summed E-state index contributed by atoms with van der Waals surface area (Å²) in [7, 11) is 2.13. The van der Waals surface area contributed by atoms with Crippen molar-refractivity contribution in [3.05, 3.63) is 0 Å². The summed E-state index contributed by atoms with van der Waals surface area (Å²) in [6, 6.07) is 1.50. The first-order valence-electron chi connectivity index (χ1n) is 3.85. The van der Waals surface area contributed by atoms with E-state index in [1.165, 1.54) is 12.8 Å². The third-order valence-corrected chi connectivity index (χ3v) is 2.92. The van der Waals surface area contributed by atoms with Crippen LogP contribution >= 0.6 is 8.07 Å². The van der Waals surface area contributed by atoms with Crippen molar-refractivity contribution in [3.63, 3.8) is 0 Å². The summed E-state index contributed by atoms with van der Waals surface area (Å²) in [5, 5.41) is 6.89. The Bertz CT molecular complexity index is 104. The molecule has 1 aliphatic carbocycles. The van der Waals surface area contributed by atoms with Gasteiger partial charge < -0.3 is 5.32 Å². The highest BCUT2D eigenvalue weighted by Gasteiger charge is 2.29. The second kappa shape index (κ2) is 3.66. The standard InChI is InChI=1S/C7H17N2P/c1-8-6-4-5-7(6)9-10(2)3/h6-9H,4-5H2,1-3H3. The number of rotatable bonds is 3. The molecule has 0 spiro atoms. The molecule has 2 N–H and O–H groups in total. The molecule has 0 aromatic rings. The van der Waals surface area contributed by atoms with E-state index >= 15 is 0 Å². The largest absolute Gasteiger partial charge is 0.315 e. The van der Waals surface area contributed by atoms with Crippen LogP contribution in [0.4, 0.5) is 0 Å². The van der Waals surface area contributed by atoms with E-state index in [2.05, 4.69) is 23.7 Å². The van der Waals surface area contributed by atoms with Crippen molar-refractivity contribution < 1.29 is 0 Å². The number of nitrogens with one attached hydrogen (secondary N) is 2. The average Bonchev–Trinajstić information content (AvgIpc) is 1.82. The molecule has 1 rings (SSSR count). The fourth-order valence-corrected chi connectivity index (χ4v) is 2.30. The average molecular weight is 160 g/mol. The van der Waals surface area contributed by atoms with Gasteiger partial charge in [-0.1, -0.05) is 0 Å². The Morgan fingerprint density at radius 1 is 1.20 bits per heavy atom. The first-order valence-corrected chi connectivity index (χ1v) is 6.08. The Balaban J connectivity index is 2.16. The molecule has 1 fully saturated rings. The predicted octanol–water partition coefficient (Wildman–Crippen LogP) is 0.983. The van der Waals surface area contributed by atoms with Gasteiger partial charge in [-0.2, -0.15) is 0 Å². The zero-order chi connectivity index (χ0) is 7.56. The van der Waals surface area contributed by atoms with Crippen LogP contribution in [0.3, 0.4) is 0 Å². The minimum absolute atomic E-state index is 0.0832. The quantitative estimate of drug-likeness (QED) is 0.601. The highest BCUT2D eigenvalue weighted by Crippen LogP contribution is 2.28.